The molecular weight excluding hydrogens is 295 g/mol. The molecule has 102 valence electrons. The van der Waals surface area contributed by atoms with Gasteiger partial charge >= 0.3 is 0 Å². The molecule has 0 radical (unpaired) electrons. The second kappa shape index (κ2) is 6.55. The molecule has 2 rings (SSSR count). The fourth-order valence-corrected chi connectivity index (χ4v) is 1.79. The molecule has 0 spiro atoms. The largest absolute Gasteiger partial charge is 0.321 e. The summed E-state index contributed by atoms with van der Waals surface area (Å²) in [6.45, 7) is 1.83. The molecule has 1 heterocycles. The van der Waals surface area contributed by atoms with Gasteiger partial charge < -0.3 is 5.32 Å². The molecule has 2 aromatic rings. The average Bonchev–Trinajstić information content (AvgIpc) is 2.42. The molecular formula is C15H12Cl2N2O. The number of nitrogens with zero attached hydrogens (tertiary/aromatic N) is 1. The number of aryl methyl sites for hydroxylation is 1. The van der Waals surface area contributed by atoms with Crippen LogP contribution in [0.1, 0.15) is 11.1 Å². The normalized spacial score (nSPS) is 10.8. The van der Waals surface area contributed by atoms with Crippen molar-refractivity contribution in [2.45, 2.75) is 6.92 Å². The van der Waals surface area contributed by atoms with Crippen molar-refractivity contribution in [3.8, 4) is 0 Å². The highest BCUT2D eigenvalue weighted by molar-refractivity contribution is 6.30. The number of pyridine rings is 1. The van der Waals surface area contributed by atoms with E-state index in [1.165, 1.54) is 12.3 Å². The van der Waals surface area contributed by atoms with Gasteiger partial charge in [0, 0.05) is 11.1 Å². The fourth-order valence-electron chi connectivity index (χ4n) is 1.56. The van der Waals surface area contributed by atoms with Gasteiger partial charge in [-0.25, -0.2) is 4.98 Å². The van der Waals surface area contributed by atoms with E-state index in [1.54, 1.807) is 24.3 Å². The zero-order chi connectivity index (χ0) is 14.5. The maximum absolute atomic E-state index is 11.8. The highest BCUT2D eigenvalue weighted by Gasteiger charge is 2.01. The smallest absolute Gasteiger partial charge is 0.248 e. The molecule has 5 heteroatoms. The molecule has 0 atom stereocenters. The molecule has 0 aliphatic heterocycles. The molecule has 1 amide bonds. The van der Waals surface area contributed by atoms with E-state index >= 15 is 0 Å². The van der Waals surface area contributed by atoms with Crippen molar-refractivity contribution in [1.29, 1.82) is 0 Å². The van der Waals surface area contributed by atoms with E-state index in [-0.39, 0.29) is 5.91 Å². The molecule has 0 saturated carbocycles. The van der Waals surface area contributed by atoms with Gasteiger partial charge in [-0.3, -0.25) is 4.79 Å². The zero-order valence-corrected chi connectivity index (χ0v) is 12.2. The lowest BCUT2D eigenvalue weighted by atomic mass is 10.2. The van der Waals surface area contributed by atoms with Crippen LogP contribution in [0.3, 0.4) is 0 Å². The predicted octanol–water partition coefficient (Wildman–Crippen LogP) is 4.35. The number of benzene rings is 1. The van der Waals surface area contributed by atoms with Crippen molar-refractivity contribution in [2.24, 2.45) is 0 Å². The van der Waals surface area contributed by atoms with E-state index in [0.29, 0.717) is 15.9 Å². The van der Waals surface area contributed by atoms with Crippen LogP contribution in [0.25, 0.3) is 6.08 Å². The number of amides is 1. The van der Waals surface area contributed by atoms with Gasteiger partial charge in [0.25, 0.3) is 0 Å². The van der Waals surface area contributed by atoms with Crippen LogP contribution in [-0.4, -0.2) is 10.9 Å². The van der Waals surface area contributed by atoms with Crippen molar-refractivity contribution in [3.05, 3.63) is 63.9 Å². The van der Waals surface area contributed by atoms with Gasteiger partial charge in [0.2, 0.25) is 5.91 Å². The van der Waals surface area contributed by atoms with Crippen LogP contribution >= 0.6 is 23.2 Å². The third-order valence-electron chi connectivity index (χ3n) is 2.58. The zero-order valence-electron chi connectivity index (χ0n) is 10.7. The summed E-state index contributed by atoms with van der Waals surface area (Å²) < 4.78 is 0. The van der Waals surface area contributed by atoms with Gasteiger partial charge in [-0.05, 0) is 42.3 Å². The summed E-state index contributed by atoms with van der Waals surface area (Å²) in [6.07, 6.45) is 4.68. The Labute approximate surface area is 127 Å². The van der Waals surface area contributed by atoms with Crippen molar-refractivity contribution in [1.82, 2.24) is 4.98 Å². The first-order chi connectivity index (χ1) is 9.54. The molecule has 0 aliphatic rings. The first-order valence-corrected chi connectivity index (χ1v) is 6.67. The maximum Gasteiger partial charge on any atom is 0.248 e. The van der Waals surface area contributed by atoms with E-state index in [4.69, 9.17) is 23.2 Å². The van der Waals surface area contributed by atoms with Crippen molar-refractivity contribution < 1.29 is 4.79 Å². The van der Waals surface area contributed by atoms with Crippen LogP contribution in [0.2, 0.25) is 10.2 Å². The van der Waals surface area contributed by atoms with Crippen molar-refractivity contribution >= 4 is 40.9 Å². The van der Waals surface area contributed by atoms with Gasteiger partial charge in [0.15, 0.2) is 0 Å². The Bertz CT molecular complexity index is 651. The number of carbonyl (C=O) groups is 1. The number of anilines is 1. The summed E-state index contributed by atoms with van der Waals surface area (Å²) in [4.78, 5) is 15.7. The van der Waals surface area contributed by atoms with Crippen molar-refractivity contribution in [3.63, 3.8) is 0 Å². The summed E-state index contributed by atoms with van der Waals surface area (Å²) in [5.41, 5.74) is 2.32. The Kier molecular flexibility index (Phi) is 4.77. The van der Waals surface area contributed by atoms with E-state index < -0.39 is 0 Å². The molecule has 0 saturated heterocycles. The van der Waals surface area contributed by atoms with Crippen LogP contribution in [0.15, 0.2) is 42.6 Å². The van der Waals surface area contributed by atoms with E-state index in [0.717, 1.165) is 11.1 Å². The minimum Gasteiger partial charge on any atom is -0.321 e. The third-order valence-corrected chi connectivity index (χ3v) is 3.23. The lowest BCUT2D eigenvalue weighted by Crippen LogP contribution is -2.08. The van der Waals surface area contributed by atoms with Crippen LogP contribution in [0, 0.1) is 6.92 Å². The fraction of sp³-hybridized carbons (Fsp3) is 0.0667. The van der Waals surface area contributed by atoms with Crippen LogP contribution in [0.4, 0.5) is 5.69 Å². The topological polar surface area (TPSA) is 42.0 Å². The minimum absolute atomic E-state index is 0.233. The van der Waals surface area contributed by atoms with Gasteiger partial charge in [-0.2, -0.15) is 0 Å². The number of nitrogens with one attached hydrogen (secondary N) is 1. The van der Waals surface area contributed by atoms with Gasteiger partial charge in [0.05, 0.1) is 11.9 Å². The Balaban J connectivity index is 2.01. The highest BCUT2D eigenvalue weighted by Crippen LogP contribution is 2.16. The lowest BCUT2D eigenvalue weighted by molar-refractivity contribution is -0.111. The Morgan fingerprint density at radius 2 is 1.95 bits per heavy atom. The maximum atomic E-state index is 11.8. The average molecular weight is 307 g/mol. The SMILES string of the molecule is Cc1cc(NC(=O)/C=C/c2ccc(Cl)cc2)cnc1Cl. The summed E-state index contributed by atoms with van der Waals surface area (Å²) in [7, 11) is 0. The molecule has 0 unspecified atom stereocenters. The summed E-state index contributed by atoms with van der Waals surface area (Å²) >= 11 is 11.6. The Morgan fingerprint density at radius 1 is 1.25 bits per heavy atom. The molecule has 20 heavy (non-hydrogen) atoms. The van der Waals surface area contributed by atoms with Crippen LogP contribution in [0.5, 0.6) is 0 Å². The Hall–Kier alpha value is -1.84. The summed E-state index contributed by atoms with van der Waals surface area (Å²) in [6, 6.07) is 8.97. The molecule has 0 aliphatic carbocycles. The number of halogens is 2. The molecule has 0 bridgehead atoms. The van der Waals surface area contributed by atoms with Crippen LogP contribution in [-0.2, 0) is 4.79 Å². The molecule has 0 fully saturated rings. The van der Waals surface area contributed by atoms with Gasteiger partial charge in [-0.1, -0.05) is 35.3 Å². The number of aromatic nitrogens is 1. The number of hydrogen-bond acceptors (Lipinski definition) is 2. The second-order valence-corrected chi connectivity index (χ2v) is 5.00. The third kappa shape index (κ3) is 4.08. The summed E-state index contributed by atoms with van der Waals surface area (Å²) in [5.74, 6) is -0.233. The van der Waals surface area contributed by atoms with E-state index in [2.05, 4.69) is 10.3 Å². The predicted molar refractivity (Wildman–Crippen MR) is 83.1 cm³/mol. The first-order valence-electron chi connectivity index (χ1n) is 5.91. The highest BCUT2D eigenvalue weighted by atomic mass is 35.5. The summed E-state index contributed by atoms with van der Waals surface area (Å²) in [5, 5.41) is 3.81. The van der Waals surface area contributed by atoms with E-state index in [9.17, 15) is 4.79 Å². The van der Waals surface area contributed by atoms with Gasteiger partial charge in [-0.15, -0.1) is 0 Å². The molecule has 1 aromatic carbocycles. The van der Waals surface area contributed by atoms with E-state index in [1.807, 2.05) is 19.1 Å². The monoisotopic (exact) mass is 306 g/mol. The standard InChI is InChI=1S/C15H12Cl2N2O/c1-10-8-13(9-18-15(10)17)19-14(20)7-4-11-2-5-12(16)6-3-11/h2-9H,1H3,(H,19,20)/b7-4+. The van der Waals surface area contributed by atoms with Crippen LogP contribution < -0.4 is 5.32 Å². The molecule has 1 N–H and O–H groups in total. The molecule has 3 nitrogen and oxygen atoms in total. The van der Waals surface area contributed by atoms with Crippen molar-refractivity contribution in [2.75, 3.05) is 5.32 Å². The number of hydrogen-bond donors (Lipinski definition) is 1. The number of rotatable bonds is 3. The second-order valence-electron chi connectivity index (χ2n) is 4.21. The van der Waals surface area contributed by atoms with Gasteiger partial charge in [0.1, 0.15) is 5.15 Å². The minimum atomic E-state index is -0.233. The first kappa shape index (κ1) is 14.6. The Morgan fingerprint density at radius 3 is 2.60 bits per heavy atom. The number of carbonyl (C=O) groups excluding carboxylic acids is 1. The quantitative estimate of drug-likeness (QED) is 0.676. The molecule has 1 aromatic heterocycles. The lowest BCUT2D eigenvalue weighted by Gasteiger charge is -2.03.